The minimum absolute atomic E-state index is 0.255. The minimum Gasteiger partial charge on any atom is -0.389 e. The van der Waals surface area contributed by atoms with Gasteiger partial charge in [-0.05, 0) is 36.2 Å². The van der Waals surface area contributed by atoms with Gasteiger partial charge in [0.15, 0.2) is 0 Å². The molecule has 2 rings (SSSR count). The Morgan fingerprint density at radius 3 is 2.32 bits per heavy atom. The zero-order valence-corrected chi connectivity index (χ0v) is 12.3. The lowest BCUT2D eigenvalue weighted by atomic mass is 9.90. The van der Waals surface area contributed by atoms with Gasteiger partial charge >= 0.3 is 0 Å². The van der Waals surface area contributed by atoms with Crippen LogP contribution in [0.5, 0.6) is 0 Å². The molecule has 0 aromatic heterocycles. The Bertz CT molecular complexity index is 549. The number of hydrogen-bond donors (Lipinski definition) is 1. The van der Waals surface area contributed by atoms with E-state index in [2.05, 4.69) is 15.9 Å². The maximum Gasteiger partial charge on any atom is 0.123 e. The van der Waals surface area contributed by atoms with Gasteiger partial charge in [0.2, 0.25) is 0 Å². The molecule has 0 spiro atoms. The van der Waals surface area contributed by atoms with Crippen LogP contribution in [0.25, 0.3) is 0 Å². The quantitative estimate of drug-likeness (QED) is 0.897. The molecule has 0 saturated carbocycles. The van der Waals surface area contributed by atoms with Gasteiger partial charge in [0, 0.05) is 17.3 Å². The van der Waals surface area contributed by atoms with Gasteiger partial charge in [-0.2, -0.15) is 0 Å². The van der Waals surface area contributed by atoms with Crippen LogP contribution in [0.3, 0.4) is 0 Å². The van der Waals surface area contributed by atoms with Crippen molar-refractivity contribution in [2.75, 3.05) is 0 Å². The van der Waals surface area contributed by atoms with Gasteiger partial charge < -0.3 is 5.11 Å². The van der Waals surface area contributed by atoms with Crippen LogP contribution < -0.4 is 0 Å². The van der Waals surface area contributed by atoms with Gasteiger partial charge in [-0.3, -0.25) is 0 Å². The molecule has 0 amide bonds. The van der Waals surface area contributed by atoms with E-state index in [1.807, 2.05) is 24.3 Å². The molecule has 0 aliphatic carbocycles. The second kappa shape index (κ2) is 5.85. The summed E-state index contributed by atoms with van der Waals surface area (Å²) >= 11 is 3.48. The summed E-state index contributed by atoms with van der Waals surface area (Å²) in [4.78, 5) is 0. The Kier molecular flexibility index (Phi) is 4.38. The maximum atomic E-state index is 12.9. The van der Waals surface area contributed by atoms with Crippen LogP contribution in [0, 0.1) is 5.82 Å². The van der Waals surface area contributed by atoms with Crippen LogP contribution in [0.2, 0.25) is 0 Å². The first-order valence-electron chi connectivity index (χ1n) is 6.16. The molecule has 0 bridgehead atoms. The Hall–Kier alpha value is -1.19. The second-order valence-electron chi connectivity index (χ2n) is 5.07. The van der Waals surface area contributed by atoms with Crippen molar-refractivity contribution >= 4 is 15.9 Å². The van der Waals surface area contributed by atoms with Gasteiger partial charge in [-0.15, -0.1) is 0 Å². The molecule has 0 radical (unpaired) electrons. The molecular weight excluding hydrogens is 307 g/mol. The second-order valence-corrected chi connectivity index (χ2v) is 5.92. The van der Waals surface area contributed by atoms with Crippen LogP contribution >= 0.6 is 15.9 Å². The molecule has 1 unspecified atom stereocenters. The molecule has 0 aliphatic heterocycles. The molecular formula is C16H16BrFO. The fraction of sp³-hybridized carbons (Fsp3) is 0.250. The Morgan fingerprint density at radius 2 is 1.68 bits per heavy atom. The van der Waals surface area contributed by atoms with Crippen LogP contribution in [0.4, 0.5) is 4.39 Å². The van der Waals surface area contributed by atoms with E-state index < -0.39 is 5.60 Å². The van der Waals surface area contributed by atoms with Crippen LogP contribution in [-0.2, 0) is 12.8 Å². The average Bonchev–Trinajstić information content (AvgIpc) is 2.35. The predicted octanol–water partition coefficient (Wildman–Crippen LogP) is 4.12. The van der Waals surface area contributed by atoms with E-state index in [1.165, 1.54) is 12.1 Å². The molecule has 2 aromatic rings. The summed E-state index contributed by atoms with van der Waals surface area (Å²) in [5.41, 5.74) is 1.13. The van der Waals surface area contributed by atoms with Gasteiger partial charge in [-0.25, -0.2) is 4.39 Å². The number of rotatable bonds is 4. The van der Waals surface area contributed by atoms with E-state index in [-0.39, 0.29) is 5.82 Å². The first-order valence-corrected chi connectivity index (χ1v) is 6.96. The van der Waals surface area contributed by atoms with E-state index in [0.29, 0.717) is 12.8 Å². The highest BCUT2D eigenvalue weighted by molar-refractivity contribution is 9.10. The van der Waals surface area contributed by atoms with Gasteiger partial charge in [-0.1, -0.05) is 46.3 Å². The predicted molar refractivity (Wildman–Crippen MR) is 78.6 cm³/mol. The highest BCUT2D eigenvalue weighted by Gasteiger charge is 2.22. The van der Waals surface area contributed by atoms with E-state index in [4.69, 9.17) is 0 Å². The van der Waals surface area contributed by atoms with Crippen molar-refractivity contribution in [3.8, 4) is 0 Å². The SMILES string of the molecule is CC(O)(Cc1ccc(F)cc1)Cc1ccccc1Br. The largest absolute Gasteiger partial charge is 0.389 e. The van der Waals surface area contributed by atoms with Crippen LogP contribution in [0.1, 0.15) is 18.1 Å². The minimum atomic E-state index is -0.859. The van der Waals surface area contributed by atoms with Crippen molar-refractivity contribution in [1.82, 2.24) is 0 Å². The summed E-state index contributed by atoms with van der Waals surface area (Å²) < 4.78 is 13.8. The van der Waals surface area contributed by atoms with Crippen molar-refractivity contribution in [3.63, 3.8) is 0 Å². The summed E-state index contributed by atoms with van der Waals surface area (Å²) in [6.07, 6.45) is 1.04. The summed E-state index contributed by atoms with van der Waals surface area (Å²) in [5, 5.41) is 10.5. The lowest BCUT2D eigenvalue weighted by Crippen LogP contribution is -2.30. The first-order chi connectivity index (χ1) is 8.96. The number of benzene rings is 2. The lowest BCUT2D eigenvalue weighted by Gasteiger charge is -2.24. The number of halogens is 2. The average molecular weight is 323 g/mol. The van der Waals surface area contributed by atoms with E-state index in [1.54, 1.807) is 19.1 Å². The maximum absolute atomic E-state index is 12.9. The topological polar surface area (TPSA) is 20.2 Å². The molecule has 2 aromatic carbocycles. The summed E-state index contributed by atoms with van der Waals surface area (Å²) in [7, 11) is 0. The smallest absolute Gasteiger partial charge is 0.123 e. The summed E-state index contributed by atoms with van der Waals surface area (Å²) in [5.74, 6) is -0.255. The van der Waals surface area contributed by atoms with Crippen molar-refractivity contribution in [1.29, 1.82) is 0 Å². The zero-order valence-electron chi connectivity index (χ0n) is 10.7. The molecule has 19 heavy (non-hydrogen) atoms. The highest BCUT2D eigenvalue weighted by Crippen LogP contribution is 2.24. The highest BCUT2D eigenvalue weighted by atomic mass is 79.9. The number of hydrogen-bond acceptors (Lipinski definition) is 1. The van der Waals surface area contributed by atoms with Gasteiger partial charge in [0.1, 0.15) is 5.82 Å². The Morgan fingerprint density at radius 1 is 1.05 bits per heavy atom. The van der Waals surface area contributed by atoms with Crippen molar-refractivity contribution in [2.24, 2.45) is 0 Å². The van der Waals surface area contributed by atoms with E-state index in [9.17, 15) is 9.50 Å². The van der Waals surface area contributed by atoms with Crippen molar-refractivity contribution in [2.45, 2.75) is 25.4 Å². The third kappa shape index (κ3) is 4.15. The van der Waals surface area contributed by atoms with E-state index in [0.717, 1.165) is 15.6 Å². The lowest BCUT2D eigenvalue weighted by molar-refractivity contribution is 0.0606. The van der Waals surface area contributed by atoms with Crippen molar-refractivity contribution < 1.29 is 9.50 Å². The monoisotopic (exact) mass is 322 g/mol. The molecule has 0 aliphatic rings. The zero-order chi connectivity index (χ0) is 13.9. The van der Waals surface area contributed by atoms with Gasteiger partial charge in [0.05, 0.1) is 5.60 Å². The van der Waals surface area contributed by atoms with Crippen molar-refractivity contribution in [3.05, 3.63) is 69.9 Å². The Labute approximate surface area is 121 Å². The normalized spacial score (nSPS) is 14.1. The van der Waals surface area contributed by atoms with Gasteiger partial charge in [0.25, 0.3) is 0 Å². The van der Waals surface area contributed by atoms with Crippen LogP contribution in [0.15, 0.2) is 53.0 Å². The third-order valence-electron chi connectivity index (χ3n) is 3.03. The summed E-state index contributed by atoms with van der Waals surface area (Å²) in [6.45, 7) is 1.80. The fourth-order valence-electron chi connectivity index (χ4n) is 2.16. The number of aliphatic hydroxyl groups is 1. The summed E-state index contributed by atoms with van der Waals surface area (Å²) in [6, 6.07) is 14.1. The molecule has 1 N–H and O–H groups in total. The molecule has 0 heterocycles. The molecule has 1 nitrogen and oxygen atoms in total. The third-order valence-corrected chi connectivity index (χ3v) is 3.80. The van der Waals surface area contributed by atoms with Crippen LogP contribution in [-0.4, -0.2) is 10.7 Å². The molecule has 1 atom stereocenters. The van der Waals surface area contributed by atoms with E-state index >= 15 is 0 Å². The molecule has 0 fully saturated rings. The molecule has 100 valence electrons. The molecule has 3 heteroatoms. The fourth-order valence-corrected chi connectivity index (χ4v) is 2.58. The molecule has 0 saturated heterocycles. The standard InChI is InChI=1S/C16H16BrFO/c1-16(19,10-12-6-8-14(18)9-7-12)11-13-4-2-3-5-15(13)17/h2-9,19H,10-11H2,1H3. The first kappa shape index (κ1) is 14.2. The Balaban J connectivity index is 2.10.